The highest BCUT2D eigenvalue weighted by atomic mass is 19.4. The molecule has 0 radical (unpaired) electrons. The van der Waals surface area contributed by atoms with E-state index in [1.807, 2.05) is 6.92 Å². The van der Waals surface area contributed by atoms with Crippen LogP contribution in [-0.2, 0) is 17.8 Å². The lowest BCUT2D eigenvalue weighted by molar-refractivity contribution is -0.274. The van der Waals surface area contributed by atoms with E-state index < -0.39 is 12.3 Å². The Morgan fingerprint density at radius 2 is 1.87 bits per heavy atom. The van der Waals surface area contributed by atoms with Crippen LogP contribution in [0.5, 0.6) is 5.75 Å². The molecule has 164 valence electrons. The van der Waals surface area contributed by atoms with E-state index in [2.05, 4.69) is 9.30 Å². The highest BCUT2D eigenvalue weighted by Gasteiger charge is 2.31. The summed E-state index contributed by atoms with van der Waals surface area (Å²) in [5.74, 6) is 0.150. The second-order valence-electron chi connectivity index (χ2n) is 7.90. The van der Waals surface area contributed by atoms with Crippen molar-refractivity contribution in [2.24, 2.45) is 5.92 Å². The maximum atomic E-state index is 12.4. The van der Waals surface area contributed by atoms with Crippen LogP contribution in [0.1, 0.15) is 56.3 Å². The Bertz CT molecular complexity index is 854. The van der Waals surface area contributed by atoms with Gasteiger partial charge < -0.3 is 14.4 Å². The van der Waals surface area contributed by atoms with Crippen molar-refractivity contribution in [2.75, 3.05) is 0 Å². The molecule has 1 aliphatic carbocycles. The normalized spacial score (nSPS) is 15.3. The summed E-state index contributed by atoms with van der Waals surface area (Å²) >= 11 is 0. The first-order valence-corrected chi connectivity index (χ1v) is 10.4. The third-order valence-corrected chi connectivity index (χ3v) is 5.63. The van der Waals surface area contributed by atoms with E-state index >= 15 is 0 Å². The van der Waals surface area contributed by atoms with Gasteiger partial charge in [-0.25, -0.2) is 4.98 Å². The molecule has 1 aromatic heterocycles. The predicted octanol–water partition coefficient (Wildman–Crippen LogP) is 5.74. The standard InChI is InChI=1S/C22H27F3N2O3/c1-15-19(8-5-9-20(28)29)26-21(27(15)14-16-6-3-2-4-7-16)17-10-12-18(13-11-17)30-22(23,24)25/h10-13,16H,2-9,14H2,1H3,(H,28,29). The van der Waals surface area contributed by atoms with Crippen molar-refractivity contribution in [2.45, 2.75) is 71.2 Å². The number of aliphatic carboxylic acids is 1. The number of imidazole rings is 1. The lowest BCUT2D eigenvalue weighted by Gasteiger charge is -2.23. The number of ether oxygens (including phenoxy) is 1. The smallest absolute Gasteiger partial charge is 0.481 e. The molecule has 1 fully saturated rings. The number of carbonyl (C=O) groups is 1. The van der Waals surface area contributed by atoms with Gasteiger partial charge in [0.15, 0.2) is 0 Å². The summed E-state index contributed by atoms with van der Waals surface area (Å²) in [5, 5.41) is 8.90. The SMILES string of the molecule is Cc1c(CCCC(=O)O)nc(-c2ccc(OC(F)(F)F)cc2)n1CC1CCCCC1. The molecule has 0 bridgehead atoms. The summed E-state index contributed by atoms with van der Waals surface area (Å²) in [7, 11) is 0. The number of halogens is 3. The zero-order chi connectivity index (χ0) is 21.7. The number of nitrogens with zero attached hydrogens (tertiary/aromatic N) is 2. The number of hydrogen-bond donors (Lipinski definition) is 1. The Hall–Kier alpha value is -2.51. The third kappa shape index (κ3) is 6.00. The summed E-state index contributed by atoms with van der Waals surface area (Å²) in [4.78, 5) is 15.6. The molecule has 0 spiro atoms. The summed E-state index contributed by atoms with van der Waals surface area (Å²) < 4.78 is 43.4. The monoisotopic (exact) mass is 424 g/mol. The summed E-state index contributed by atoms with van der Waals surface area (Å²) in [6.45, 7) is 2.80. The van der Waals surface area contributed by atoms with Crippen LogP contribution in [0, 0.1) is 12.8 Å². The van der Waals surface area contributed by atoms with Gasteiger partial charge in [0.1, 0.15) is 11.6 Å². The molecule has 5 nitrogen and oxygen atoms in total. The van der Waals surface area contributed by atoms with E-state index in [0.29, 0.717) is 30.1 Å². The Morgan fingerprint density at radius 1 is 1.20 bits per heavy atom. The van der Waals surface area contributed by atoms with E-state index in [1.54, 1.807) is 12.1 Å². The Labute approximate surface area is 173 Å². The van der Waals surface area contributed by atoms with E-state index in [4.69, 9.17) is 10.1 Å². The number of aryl methyl sites for hydroxylation is 1. The van der Waals surface area contributed by atoms with Crippen LogP contribution in [-0.4, -0.2) is 27.0 Å². The summed E-state index contributed by atoms with van der Waals surface area (Å²) in [5.41, 5.74) is 2.56. The minimum absolute atomic E-state index is 0.0771. The molecule has 0 unspecified atom stereocenters. The number of benzene rings is 1. The fourth-order valence-electron chi connectivity index (χ4n) is 4.10. The van der Waals surface area contributed by atoms with Crippen LogP contribution in [0.2, 0.25) is 0 Å². The molecule has 1 aromatic carbocycles. The average Bonchev–Trinajstić information content (AvgIpc) is 2.98. The molecule has 1 aliphatic rings. The lowest BCUT2D eigenvalue weighted by Crippen LogP contribution is -2.17. The maximum Gasteiger partial charge on any atom is 0.573 e. The number of carboxylic acid groups (broad SMARTS) is 1. The Balaban J connectivity index is 1.87. The fourth-order valence-corrected chi connectivity index (χ4v) is 4.10. The van der Waals surface area contributed by atoms with Crippen molar-refractivity contribution in [3.63, 3.8) is 0 Å². The number of hydrogen-bond acceptors (Lipinski definition) is 3. The van der Waals surface area contributed by atoms with E-state index in [0.717, 1.165) is 30.8 Å². The fraction of sp³-hybridized carbons (Fsp3) is 0.545. The summed E-state index contributed by atoms with van der Waals surface area (Å²) in [6.07, 6.45) is 2.39. The molecule has 1 N–H and O–H groups in total. The average molecular weight is 424 g/mol. The molecule has 0 atom stereocenters. The second kappa shape index (κ2) is 9.53. The molecule has 8 heteroatoms. The zero-order valence-electron chi connectivity index (χ0n) is 17.0. The largest absolute Gasteiger partial charge is 0.573 e. The highest BCUT2D eigenvalue weighted by Crippen LogP contribution is 2.31. The van der Waals surface area contributed by atoms with Crippen molar-refractivity contribution in [1.82, 2.24) is 9.55 Å². The third-order valence-electron chi connectivity index (χ3n) is 5.63. The molecule has 30 heavy (non-hydrogen) atoms. The van der Waals surface area contributed by atoms with Gasteiger partial charge in [0.25, 0.3) is 0 Å². The van der Waals surface area contributed by atoms with Crippen LogP contribution in [0.3, 0.4) is 0 Å². The quantitative estimate of drug-likeness (QED) is 0.587. The molecule has 1 saturated carbocycles. The predicted molar refractivity (Wildman–Crippen MR) is 106 cm³/mol. The van der Waals surface area contributed by atoms with Crippen LogP contribution in [0.4, 0.5) is 13.2 Å². The zero-order valence-corrected chi connectivity index (χ0v) is 17.0. The highest BCUT2D eigenvalue weighted by molar-refractivity contribution is 5.66. The Kier molecular flexibility index (Phi) is 7.05. The summed E-state index contributed by atoms with van der Waals surface area (Å²) in [6, 6.07) is 5.76. The molecule has 1 heterocycles. The molecule has 0 saturated heterocycles. The van der Waals surface area contributed by atoms with Gasteiger partial charge in [-0.05, 0) is 62.8 Å². The van der Waals surface area contributed by atoms with Crippen LogP contribution in [0.15, 0.2) is 24.3 Å². The van der Waals surface area contributed by atoms with Crippen molar-refractivity contribution in [3.05, 3.63) is 35.7 Å². The molecule has 0 aliphatic heterocycles. The first kappa shape index (κ1) is 22.2. The van der Waals surface area contributed by atoms with E-state index in [-0.39, 0.29) is 12.2 Å². The van der Waals surface area contributed by atoms with E-state index in [1.165, 1.54) is 31.4 Å². The molecule has 0 amide bonds. The van der Waals surface area contributed by atoms with Gasteiger partial charge in [-0.3, -0.25) is 4.79 Å². The van der Waals surface area contributed by atoms with Gasteiger partial charge in [0.05, 0.1) is 5.69 Å². The first-order chi connectivity index (χ1) is 14.2. The van der Waals surface area contributed by atoms with Crippen LogP contribution in [0.25, 0.3) is 11.4 Å². The van der Waals surface area contributed by atoms with Crippen molar-refractivity contribution in [1.29, 1.82) is 0 Å². The van der Waals surface area contributed by atoms with Crippen molar-refractivity contribution < 1.29 is 27.8 Å². The second-order valence-corrected chi connectivity index (χ2v) is 7.90. The number of alkyl halides is 3. The van der Waals surface area contributed by atoms with Gasteiger partial charge in [-0.15, -0.1) is 13.2 Å². The van der Waals surface area contributed by atoms with Gasteiger partial charge in [0, 0.05) is 24.2 Å². The van der Waals surface area contributed by atoms with Crippen LogP contribution < -0.4 is 4.74 Å². The van der Waals surface area contributed by atoms with E-state index in [9.17, 15) is 18.0 Å². The number of aromatic nitrogens is 2. The van der Waals surface area contributed by atoms with Gasteiger partial charge in [0.2, 0.25) is 0 Å². The topological polar surface area (TPSA) is 64.3 Å². The molecular formula is C22H27F3N2O3. The molecule has 2 aromatic rings. The van der Waals surface area contributed by atoms with Gasteiger partial charge in [-0.2, -0.15) is 0 Å². The lowest BCUT2D eigenvalue weighted by atomic mass is 9.89. The minimum Gasteiger partial charge on any atom is -0.481 e. The van der Waals surface area contributed by atoms with Crippen molar-refractivity contribution >= 4 is 5.97 Å². The maximum absolute atomic E-state index is 12.4. The van der Waals surface area contributed by atoms with Crippen LogP contribution >= 0.6 is 0 Å². The Morgan fingerprint density at radius 3 is 2.47 bits per heavy atom. The first-order valence-electron chi connectivity index (χ1n) is 10.4. The van der Waals surface area contributed by atoms with Gasteiger partial charge in [-0.1, -0.05) is 19.3 Å². The van der Waals surface area contributed by atoms with Gasteiger partial charge >= 0.3 is 12.3 Å². The number of rotatable bonds is 8. The molecule has 3 rings (SSSR count). The number of carboxylic acids is 1. The minimum atomic E-state index is -4.73. The molecular weight excluding hydrogens is 397 g/mol. The van der Waals surface area contributed by atoms with Crippen molar-refractivity contribution in [3.8, 4) is 17.1 Å².